The lowest BCUT2D eigenvalue weighted by Crippen LogP contribution is -2.21. The monoisotopic (exact) mass is 779 g/mol. The molecule has 0 aliphatic heterocycles. The Morgan fingerprint density at radius 2 is 1.56 bits per heavy atom. The number of carbonyl (C=O) groups is 2. The number of pyridine rings is 1. The van der Waals surface area contributed by atoms with Crippen LogP contribution in [0.5, 0.6) is 11.5 Å². The third-order valence-corrected chi connectivity index (χ3v) is 8.05. The lowest BCUT2D eigenvalue weighted by Gasteiger charge is -2.26. The van der Waals surface area contributed by atoms with E-state index in [1.165, 1.54) is 6.42 Å². The van der Waals surface area contributed by atoms with Crippen molar-refractivity contribution in [1.82, 2.24) is 15.0 Å². The number of aromatic nitrogens is 3. The van der Waals surface area contributed by atoms with E-state index in [1.54, 1.807) is 24.5 Å². The molecule has 1 atom stereocenters. The maximum absolute atomic E-state index is 16.4. The number of fused-ring (bicyclic) bond motifs is 1. The maximum Gasteiger partial charge on any atom is 0.490 e. The highest BCUT2D eigenvalue weighted by Gasteiger charge is 2.39. The van der Waals surface area contributed by atoms with E-state index in [2.05, 4.69) is 15.3 Å². The number of carboxylic acid groups (broad SMARTS) is 2. The first-order valence-electron chi connectivity index (χ1n) is 16.7. The van der Waals surface area contributed by atoms with Crippen molar-refractivity contribution < 1.29 is 60.0 Å². The van der Waals surface area contributed by atoms with E-state index < -0.39 is 36.2 Å². The fraction of sp³-hybridized carbons (Fsp3) is 0.297. The van der Waals surface area contributed by atoms with Crippen LogP contribution in [0.4, 0.5) is 42.2 Å². The number of hydrogen-bond donors (Lipinski definition) is 5. The molecule has 6 N–H and O–H groups in total. The first-order chi connectivity index (χ1) is 26.0. The first kappa shape index (κ1) is 41.7. The lowest BCUT2D eigenvalue weighted by molar-refractivity contribution is -0.193. The first-order valence-corrected chi connectivity index (χ1v) is 16.7. The summed E-state index contributed by atoms with van der Waals surface area (Å²) in [5.41, 5.74) is 9.07. The maximum atomic E-state index is 16.4. The van der Waals surface area contributed by atoms with E-state index in [4.69, 9.17) is 40.0 Å². The zero-order valence-corrected chi connectivity index (χ0v) is 29.0. The fourth-order valence-corrected chi connectivity index (χ4v) is 5.50. The third-order valence-electron chi connectivity index (χ3n) is 8.05. The Labute approximate surface area is 309 Å². The molecule has 2 aromatic heterocycles. The van der Waals surface area contributed by atoms with Gasteiger partial charge in [-0.1, -0.05) is 36.8 Å². The van der Waals surface area contributed by atoms with E-state index >= 15 is 4.39 Å². The number of alkyl halides is 6. The Morgan fingerprint density at radius 3 is 2.16 bits per heavy atom. The molecule has 18 heteroatoms. The van der Waals surface area contributed by atoms with E-state index in [-0.39, 0.29) is 11.9 Å². The van der Waals surface area contributed by atoms with Crippen LogP contribution in [-0.2, 0) is 9.59 Å². The molecule has 0 amide bonds. The van der Waals surface area contributed by atoms with Gasteiger partial charge in [0.25, 0.3) is 0 Å². The summed E-state index contributed by atoms with van der Waals surface area (Å²) in [5, 5.41) is 19.6. The Bertz CT molecular complexity index is 2030. The molecule has 11 nitrogen and oxygen atoms in total. The van der Waals surface area contributed by atoms with Gasteiger partial charge in [-0.25, -0.2) is 23.9 Å². The second-order valence-electron chi connectivity index (χ2n) is 12.0. The molecule has 0 saturated heterocycles. The number of carboxylic acids is 2. The average Bonchev–Trinajstić information content (AvgIpc) is 3.63. The number of nitrogens with two attached hydrogens (primary N) is 1. The number of ether oxygens (including phenoxy) is 2. The summed E-state index contributed by atoms with van der Waals surface area (Å²) < 4.78 is 92.1. The molecule has 5 aromatic rings. The number of aliphatic carboxylic acids is 2. The number of nitrogen functional groups attached to an aromatic ring is 1. The van der Waals surface area contributed by atoms with E-state index in [0.29, 0.717) is 29.6 Å². The van der Waals surface area contributed by atoms with Crippen LogP contribution >= 0.6 is 0 Å². The van der Waals surface area contributed by atoms with Gasteiger partial charge in [0.2, 0.25) is 0 Å². The van der Waals surface area contributed by atoms with E-state index in [9.17, 15) is 26.3 Å². The van der Waals surface area contributed by atoms with Gasteiger partial charge < -0.3 is 35.7 Å². The van der Waals surface area contributed by atoms with Crippen molar-refractivity contribution in [3.8, 4) is 22.8 Å². The normalized spacial score (nSPS) is 13.7. The molecule has 1 fully saturated rings. The summed E-state index contributed by atoms with van der Waals surface area (Å²) in [4.78, 5) is 30.1. The Kier molecular flexibility index (Phi) is 13.9. The predicted octanol–water partition coefficient (Wildman–Crippen LogP) is 8.92. The quantitative estimate of drug-likeness (QED) is 0.0910. The summed E-state index contributed by atoms with van der Waals surface area (Å²) in [6.07, 6.45) is -1.52. The summed E-state index contributed by atoms with van der Waals surface area (Å²) in [5.74, 6) is -4.16. The number of anilines is 2. The molecule has 294 valence electrons. The molecule has 1 aliphatic carbocycles. The zero-order chi connectivity index (χ0) is 40.3. The molecule has 1 saturated carbocycles. The molecular weight excluding hydrogens is 743 g/mol. The molecule has 2 heterocycles. The van der Waals surface area contributed by atoms with Crippen molar-refractivity contribution in [1.29, 1.82) is 0 Å². The van der Waals surface area contributed by atoms with Gasteiger partial charge in [-0.2, -0.15) is 26.3 Å². The lowest BCUT2D eigenvalue weighted by atomic mass is 9.97. The largest absolute Gasteiger partial charge is 0.494 e. The number of aromatic amines is 1. The number of hydrogen-bond acceptors (Lipinski definition) is 8. The van der Waals surface area contributed by atoms with Crippen molar-refractivity contribution in [2.24, 2.45) is 0 Å². The highest BCUT2D eigenvalue weighted by molar-refractivity contribution is 5.93. The second-order valence-corrected chi connectivity index (χ2v) is 12.0. The van der Waals surface area contributed by atoms with E-state index in [1.807, 2.05) is 61.5 Å². The minimum atomic E-state index is -5.08. The van der Waals surface area contributed by atoms with E-state index in [0.717, 1.165) is 53.4 Å². The van der Waals surface area contributed by atoms with Crippen LogP contribution in [-0.4, -0.2) is 62.2 Å². The van der Waals surface area contributed by atoms with Crippen molar-refractivity contribution in [2.75, 3.05) is 17.7 Å². The molecular formula is C37H36F7N5O6. The van der Waals surface area contributed by atoms with Crippen molar-refractivity contribution in [2.45, 2.75) is 63.5 Å². The predicted molar refractivity (Wildman–Crippen MR) is 188 cm³/mol. The van der Waals surface area contributed by atoms with Crippen LogP contribution in [0.1, 0.15) is 56.5 Å². The van der Waals surface area contributed by atoms with Crippen LogP contribution in [0.2, 0.25) is 0 Å². The number of rotatable bonds is 9. The Balaban J connectivity index is 0.000000410. The van der Waals surface area contributed by atoms with Gasteiger partial charge >= 0.3 is 24.3 Å². The number of halogens is 7. The number of nitrogens with zero attached hydrogens (tertiary/aromatic N) is 2. The molecule has 55 heavy (non-hydrogen) atoms. The zero-order valence-electron chi connectivity index (χ0n) is 29.0. The van der Waals surface area contributed by atoms with Gasteiger partial charge in [0.05, 0.1) is 24.6 Å². The van der Waals surface area contributed by atoms with Crippen molar-refractivity contribution in [3.05, 3.63) is 96.3 Å². The van der Waals surface area contributed by atoms with Crippen LogP contribution < -0.4 is 20.5 Å². The number of nitrogens with one attached hydrogen (secondary N) is 2. The summed E-state index contributed by atoms with van der Waals surface area (Å²) in [6, 6.07) is 20.4. The molecule has 3 aromatic carbocycles. The SMILES string of the molecule is CCOc1cc(OC2CCCCC2)c(F)c(C(Nc2ccc3c(N)nccc3c2)c2ncc(-c3ccccc3)[nH]2)c1.O=C(O)C(F)(F)F.O=C(O)C(F)(F)F. The van der Waals surface area contributed by atoms with Crippen LogP contribution in [0.15, 0.2) is 79.1 Å². The third kappa shape index (κ3) is 11.7. The van der Waals surface area contributed by atoms with Gasteiger partial charge in [-0.15, -0.1) is 0 Å². The van der Waals surface area contributed by atoms with Gasteiger partial charge in [0.1, 0.15) is 23.4 Å². The van der Waals surface area contributed by atoms with Gasteiger partial charge in [-0.05, 0) is 73.9 Å². The van der Waals surface area contributed by atoms with Crippen molar-refractivity contribution in [3.63, 3.8) is 0 Å². The van der Waals surface area contributed by atoms with Crippen LogP contribution in [0, 0.1) is 5.82 Å². The average molecular weight is 780 g/mol. The Morgan fingerprint density at radius 1 is 0.927 bits per heavy atom. The smallest absolute Gasteiger partial charge is 0.490 e. The van der Waals surface area contributed by atoms with Crippen LogP contribution in [0.3, 0.4) is 0 Å². The highest BCUT2D eigenvalue weighted by atomic mass is 19.4. The summed E-state index contributed by atoms with van der Waals surface area (Å²) >= 11 is 0. The molecule has 1 aliphatic rings. The topological polar surface area (TPSA) is 173 Å². The Hall–Kier alpha value is -6.07. The minimum Gasteiger partial charge on any atom is -0.494 e. The number of benzene rings is 3. The van der Waals surface area contributed by atoms with Gasteiger partial charge in [0, 0.05) is 28.9 Å². The fourth-order valence-electron chi connectivity index (χ4n) is 5.50. The number of H-pyrrole nitrogens is 1. The summed E-state index contributed by atoms with van der Waals surface area (Å²) in [6.45, 7) is 2.36. The van der Waals surface area contributed by atoms with Crippen molar-refractivity contribution >= 4 is 34.2 Å². The standard InChI is InChI=1S/C33H34FN5O2.2C2HF3O2/c1-2-40-25-18-27(30(34)29(19-25)41-24-11-7-4-8-12-24)31(33-37-20-28(39-33)21-9-5-3-6-10-21)38-23-13-14-26-22(17-23)15-16-36-32(26)35;2*3-2(4,5)1(6)7/h3,5-6,9-10,13-20,24,31,38H,2,4,7-8,11-12H2,1H3,(H2,35,36)(H,37,39);2*(H,6,7). The molecule has 0 radical (unpaired) electrons. The number of imidazole rings is 1. The van der Waals surface area contributed by atoms with Gasteiger partial charge in [0.15, 0.2) is 11.6 Å². The highest BCUT2D eigenvalue weighted by Crippen LogP contribution is 2.38. The van der Waals surface area contributed by atoms with Gasteiger partial charge in [-0.3, -0.25) is 0 Å². The summed E-state index contributed by atoms with van der Waals surface area (Å²) in [7, 11) is 0. The minimum absolute atomic E-state index is 0.0118. The molecule has 0 spiro atoms. The molecule has 0 bridgehead atoms. The molecule has 6 rings (SSSR count). The molecule has 1 unspecified atom stereocenters. The second kappa shape index (κ2) is 18.3. The van der Waals surface area contributed by atoms with Crippen LogP contribution in [0.25, 0.3) is 22.0 Å².